The number of ether oxygens (including phenoxy) is 1. The maximum atomic E-state index is 12.7. The average molecular weight is 470 g/mol. The standard InChI is InChI=1S/C16H18N6O7S2/c1-5(23)29-2-6-3-30-13-9(12(25)22(13)10(6)14(26)27)20-11(24)8(21-15(17)28)7-4-31-16(18)19-7/h4,8-9,13H,2-3H2,1H3,(H2,18,19)(H,20,24)(H,26,27)(H3,17,21,28)/t8?,9-,13-/m1/s1. The Balaban J connectivity index is 1.77. The first-order valence-corrected chi connectivity index (χ1v) is 10.6. The molecule has 0 bridgehead atoms. The molecule has 0 radical (unpaired) electrons. The van der Waals surface area contributed by atoms with Gasteiger partial charge in [0.1, 0.15) is 23.7 Å². The second kappa shape index (κ2) is 8.81. The minimum absolute atomic E-state index is 0.147. The monoisotopic (exact) mass is 470 g/mol. The Bertz CT molecular complexity index is 993. The Hall–Kier alpha value is -3.33. The highest BCUT2D eigenvalue weighted by molar-refractivity contribution is 8.00. The molecule has 4 amide bonds. The summed E-state index contributed by atoms with van der Waals surface area (Å²) in [7, 11) is 0. The van der Waals surface area contributed by atoms with Crippen molar-refractivity contribution in [3.63, 3.8) is 0 Å². The first-order chi connectivity index (χ1) is 14.6. The van der Waals surface area contributed by atoms with Crippen molar-refractivity contribution in [2.24, 2.45) is 5.73 Å². The molecule has 3 heterocycles. The number of esters is 1. The van der Waals surface area contributed by atoms with Gasteiger partial charge in [0.25, 0.3) is 5.91 Å². The zero-order chi connectivity index (χ0) is 22.9. The van der Waals surface area contributed by atoms with Gasteiger partial charge in [0.2, 0.25) is 5.91 Å². The fourth-order valence-electron chi connectivity index (χ4n) is 3.07. The summed E-state index contributed by atoms with van der Waals surface area (Å²) in [6, 6.07) is -3.29. The van der Waals surface area contributed by atoms with Gasteiger partial charge in [0, 0.05) is 23.6 Å². The van der Waals surface area contributed by atoms with Crippen LogP contribution in [0.1, 0.15) is 18.7 Å². The molecular formula is C16H18N6O7S2. The van der Waals surface area contributed by atoms with Gasteiger partial charge in [-0.05, 0) is 0 Å². The predicted octanol–water partition coefficient (Wildman–Crippen LogP) is -1.26. The van der Waals surface area contributed by atoms with E-state index in [1.54, 1.807) is 0 Å². The van der Waals surface area contributed by atoms with Crippen LogP contribution in [0, 0.1) is 0 Å². The molecule has 0 aliphatic carbocycles. The maximum Gasteiger partial charge on any atom is 0.352 e. The lowest BCUT2D eigenvalue weighted by atomic mass is 10.0. The molecule has 15 heteroatoms. The van der Waals surface area contributed by atoms with Crippen LogP contribution in [-0.2, 0) is 23.9 Å². The highest BCUT2D eigenvalue weighted by Crippen LogP contribution is 2.40. The third kappa shape index (κ3) is 4.56. The summed E-state index contributed by atoms with van der Waals surface area (Å²) in [4.78, 5) is 64.5. The van der Waals surface area contributed by atoms with Crippen molar-refractivity contribution < 1.29 is 33.8 Å². The normalized spacial score (nSPS) is 20.9. The second-order valence-corrected chi connectivity index (χ2v) is 8.48. The van der Waals surface area contributed by atoms with E-state index in [4.69, 9.17) is 16.2 Å². The summed E-state index contributed by atoms with van der Waals surface area (Å²) >= 11 is 2.26. The topological polar surface area (TPSA) is 207 Å². The van der Waals surface area contributed by atoms with Crippen molar-refractivity contribution in [1.29, 1.82) is 0 Å². The first-order valence-electron chi connectivity index (χ1n) is 8.70. The van der Waals surface area contributed by atoms with E-state index in [0.717, 1.165) is 16.2 Å². The zero-order valence-electron chi connectivity index (χ0n) is 16.0. The Labute approximate surface area is 183 Å². The molecule has 7 N–H and O–H groups in total. The van der Waals surface area contributed by atoms with Gasteiger partial charge < -0.3 is 31.9 Å². The lowest BCUT2D eigenvalue weighted by Gasteiger charge is -2.49. The van der Waals surface area contributed by atoms with Gasteiger partial charge >= 0.3 is 18.0 Å². The number of aliphatic carboxylic acids is 1. The molecule has 13 nitrogen and oxygen atoms in total. The van der Waals surface area contributed by atoms with Crippen molar-refractivity contribution in [3.05, 3.63) is 22.3 Å². The molecule has 1 aromatic rings. The van der Waals surface area contributed by atoms with Crippen LogP contribution >= 0.6 is 23.1 Å². The molecule has 0 aromatic carbocycles. The van der Waals surface area contributed by atoms with E-state index in [1.165, 1.54) is 24.1 Å². The Kier molecular flexibility index (Phi) is 6.35. The second-order valence-electron chi connectivity index (χ2n) is 6.49. The lowest BCUT2D eigenvalue weighted by Crippen LogP contribution is -2.71. The largest absolute Gasteiger partial charge is 0.477 e. The van der Waals surface area contributed by atoms with Crippen LogP contribution in [0.25, 0.3) is 0 Å². The van der Waals surface area contributed by atoms with Crippen molar-refractivity contribution >= 4 is 58.0 Å². The summed E-state index contributed by atoms with van der Waals surface area (Å²) in [6.45, 7) is 0.931. The fraction of sp³-hybridized carbons (Fsp3) is 0.375. The van der Waals surface area contributed by atoms with Crippen molar-refractivity contribution in [1.82, 2.24) is 20.5 Å². The van der Waals surface area contributed by atoms with E-state index >= 15 is 0 Å². The first kappa shape index (κ1) is 22.4. The number of carboxylic acid groups (broad SMARTS) is 1. The van der Waals surface area contributed by atoms with Crippen LogP contribution in [0.4, 0.5) is 9.93 Å². The number of thiazole rings is 1. The molecule has 1 saturated heterocycles. The number of urea groups is 1. The van der Waals surface area contributed by atoms with Crippen molar-refractivity contribution in [2.45, 2.75) is 24.4 Å². The van der Waals surface area contributed by atoms with E-state index in [1.807, 2.05) is 0 Å². The molecule has 0 spiro atoms. The number of aromatic nitrogens is 1. The number of β-lactam (4-membered cyclic amide) rings is 1. The number of carboxylic acids is 1. The number of nitrogens with two attached hydrogens (primary N) is 2. The van der Waals surface area contributed by atoms with Gasteiger partial charge in [-0.25, -0.2) is 14.6 Å². The number of anilines is 1. The van der Waals surface area contributed by atoms with E-state index in [9.17, 15) is 29.1 Å². The molecule has 1 unspecified atom stereocenters. The zero-order valence-corrected chi connectivity index (χ0v) is 17.6. The SMILES string of the molecule is CC(=O)OCC1=C(C(=O)O)N2C(=O)[C@@H](NC(=O)C(NC(N)=O)c3csc(N)n3)[C@H]2SC1. The van der Waals surface area contributed by atoms with Gasteiger partial charge in [0.15, 0.2) is 11.2 Å². The third-order valence-corrected chi connectivity index (χ3v) is 6.41. The quantitative estimate of drug-likeness (QED) is 0.236. The number of nitrogens with zero attached hydrogens (tertiary/aromatic N) is 2. The lowest BCUT2D eigenvalue weighted by molar-refractivity contribution is -0.151. The van der Waals surface area contributed by atoms with Crippen molar-refractivity contribution in [3.8, 4) is 0 Å². The van der Waals surface area contributed by atoms with Crippen LogP contribution in [0.5, 0.6) is 0 Å². The number of nitrogen functional groups attached to an aromatic ring is 1. The van der Waals surface area contributed by atoms with Crippen LogP contribution in [0.2, 0.25) is 0 Å². The highest BCUT2D eigenvalue weighted by Gasteiger charge is 2.54. The van der Waals surface area contributed by atoms with Gasteiger partial charge in [-0.2, -0.15) is 0 Å². The molecule has 2 aliphatic heterocycles. The number of fused-ring (bicyclic) bond motifs is 1. The van der Waals surface area contributed by atoms with Crippen molar-refractivity contribution in [2.75, 3.05) is 18.1 Å². The smallest absolute Gasteiger partial charge is 0.352 e. The minimum atomic E-state index is -1.35. The van der Waals surface area contributed by atoms with Crippen LogP contribution in [0.3, 0.4) is 0 Å². The van der Waals surface area contributed by atoms with E-state index < -0.39 is 47.2 Å². The summed E-state index contributed by atoms with van der Waals surface area (Å²) in [5.74, 6) is -3.16. The van der Waals surface area contributed by atoms with Crippen LogP contribution in [0.15, 0.2) is 16.7 Å². The van der Waals surface area contributed by atoms with Crippen LogP contribution in [-0.4, -0.2) is 68.5 Å². The molecular weight excluding hydrogens is 452 g/mol. The van der Waals surface area contributed by atoms with E-state index in [2.05, 4.69) is 15.6 Å². The molecule has 2 aliphatic rings. The number of carbonyl (C=O) groups excluding carboxylic acids is 4. The van der Waals surface area contributed by atoms with Gasteiger partial charge in [0.05, 0.1) is 5.69 Å². The number of carbonyl (C=O) groups is 5. The van der Waals surface area contributed by atoms with Crippen LogP contribution < -0.4 is 22.1 Å². The number of hydrogen-bond donors (Lipinski definition) is 5. The Morgan fingerprint density at radius 2 is 2.13 bits per heavy atom. The fourth-order valence-corrected chi connectivity index (χ4v) is 4.98. The summed E-state index contributed by atoms with van der Waals surface area (Å²) in [5.41, 5.74) is 10.8. The third-order valence-electron chi connectivity index (χ3n) is 4.38. The van der Waals surface area contributed by atoms with Gasteiger partial charge in [-0.15, -0.1) is 23.1 Å². The van der Waals surface area contributed by atoms with E-state index in [-0.39, 0.29) is 34.5 Å². The number of primary amides is 1. The number of nitrogens with one attached hydrogen (secondary N) is 2. The molecule has 3 rings (SSSR count). The number of amides is 4. The predicted molar refractivity (Wildman–Crippen MR) is 108 cm³/mol. The van der Waals surface area contributed by atoms with Gasteiger partial charge in [-0.1, -0.05) is 0 Å². The maximum absolute atomic E-state index is 12.7. The Morgan fingerprint density at radius 3 is 2.68 bits per heavy atom. The molecule has 1 aromatic heterocycles. The highest BCUT2D eigenvalue weighted by atomic mass is 32.2. The molecule has 3 atom stereocenters. The molecule has 166 valence electrons. The summed E-state index contributed by atoms with van der Waals surface area (Å²) in [5, 5.41) is 15.3. The summed E-state index contributed by atoms with van der Waals surface area (Å²) in [6.07, 6.45) is 0. The Morgan fingerprint density at radius 1 is 1.42 bits per heavy atom. The summed E-state index contributed by atoms with van der Waals surface area (Å²) < 4.78 is 4.87. The minimum Gasteiger partial charge on any atom is -0.477 e. The molecule has 31 heavy (non-hydrogen) atoms. The van der Waals surface area contributed by atoms with Gasteiger partial charge in [-0.3, -0.25) is 19.3 Å². The molecule has 1 fully saturated rings. The molecule has 0 saturated carbocycles. The number of thioether (sulfide) groups is 1. The number of rotatable bonds is 7. The van der Waals surface area contributed by atoms with E-state index in [0.29, 0.717) is 0 Å². The average Bonchev–Trinajstić information content (AvgIpc) is 3.13. The number of hydrogen-bond acceptors (Lipinski definition) is 10.